The molecule has 0 aliphatic heterocycles. The average molecular weight is 298 g/mol. The van der Waals surface area contributed by atoms with Crippen molar-refractivity contribution >= 4 is 11.8 Å². The van der Waals surface area contributed by atoms with Gasteiger partial charge in [0.25, 0.3) is 0 Å². The number of hydrogen-bond acceptors (Lipinski definition) is 2. The van der Waals surface area contributed by atoms with E-state index in [2.05, 4.69) is 13.8 Å². The van der Waals surface area contributed by atoms with Gasteiger partial charge in [-0.25, -0.2) is 0 Å². The van der Waals surface area contributed by atoms with Crippen molar-refractivity contribution in [1.82, 2.24) is 0 Å². The van der Waals surface area contributed by atoms with Gasteiger partial charge in [-0.2, -0.15) is 0 Å². The highest BCUT2D eigenvalue weighted by atomic mass is 16.1. The van der Waals surface area contributed by atoms with Crippen LogP contribution in [0.3, 0.4) is 0 Å². The van der Waals surface area contributed by atoms with Crippen LogP contribution in [0.2, 0.25) is 0 Å². The molecule has 116 valence electrons. The lowest BCUT2D eigenvalue weighted by atomic mass is 10.1. The van der Waals surface area contributed by atoms with Crippen LogP contribution >= 0.6 is 0 Å². The van der Waals surface area contributed by atoms with Crippen LogP contribution in [-0.2, 0) is 12.8 Å². The molecule has 0 heterocycles. The summed E-state index contributed by atoms with van der Waals surface area (Å²) in [4.78, 5) is 21.2. The molecular formula is C18H22N2O2. The minimum atomic E-state index is -0.368. The largest absolute Gasteiger partial charge is 0.366 e. The van der Waals surface area contributed by atoms with E-state index >= 15 is 0 Å². The van der Waals surface area contributed by atoms with Crippen molar-refractivity contribution in [2.24, 2.45) is 11.5 Å². The molecule has 0 saturated heterocycles. The van der Waals surface area contributed by atoms with Gasteiger partial charge in [-0.05, 0) is 48.2 Å². The van der Waals surface area contributed by atoms with Crippen LogP contribution in [0.1, 0.15) is 45.7 Å². The molecule has 2 amide bonds. The van der Waals surface area contributed by atoms with Gasteiger partial charge in [-0.1, -0.05) is 38.1 Å². The standard InChI is InChI=1S/2C9H11NO/c2*1-2-7-3-5-8(6-4-7)9(10)11/h2*3-6H,2H2,1H3,(H2,10,11). The lowest BCUT2D eigenvalue weighted by Gasteiger charge is -1.96. The Bertz CT molecular complexity index is 559. The fourth-order valence-corrected chi connectivity index (χ4v) is 1.81. The molecule has 0 bridgehead atoms. The highest BCUT2D eigenvalue weighted by Crippen LogP contribution is 2.04. The smallest absolute Gasteiger partial charge is 0.248 e. The first-order valence-corrected chi connectivity index (χ1v) is 7.25. The zero-order chi connectivity index (χ0) is 16.5. The van der Waals surface area contributed by atoms with Gasteiger partial charge < -0.3 is 11.5 Å². The quantitative estimate of drug-likeness (QED) is 0.909. The second kappa shape index (κ2) is 8.62. The molecule has 4 heteroatoms. The van der Waals surface area contributed by atoms with Gasteiger partial charge >= 0.3 is 0 Å². The van der Waals surface area contributed by atoms with E-state index in [9.17, 15) is 9.59 Å². The maximum atomic E-state index is 10.6. The van der Waals surface area contributed by atoms with Gasteiger partial charge in [0.2, 0.25) is 11.8 Å². The first-order valence-electron chi connectivity index (χ1n) is 7.25. The Balaban J connectivity index is 0.000000220. The number of benzene rings is 2. The van der Waals surface area contributed by atoms with Gasteiger partial charge in [-0.15, -0.1) is 0 Å². The van der Waals surface area contributed by atoms with Crippen molar-refractivity contribution in [3.63, 3.8) is 0 Å². The summed E-state index contributed by atoms with van der Waals surface area (Å²) in [5.74, 6) is -0.736. The summed E-state index contributed by atoms with van der Waals surface area (Å²) in [5, 5.41) is 0. The summed E-state index contributed by atoms with van der Waals surface area (Å²) in [7, 11) is 0. The number of hydrogen-bond donors (Lipinski definition) is 2. The molecule has 2 rings (SSSR count). The first-order chi connectivity index (χ1) is 10.5. The van der Waals surface area contributed by atoms with E-state index in [0.29, 0.717) is 11.1 Å². The molecule has 0 aromatic heterocycles. The Labute approximate surface area is 131 Å². The minimum absolute atomic E-state index is 0.368. The van der Waals surface area contributed by atoms with E-state index in [1.807, 2.05) is 24.3 Å². The summed E-state index contributed by atoms with van der Waals surface area (Å²) in [5.41, 5.74) is 13.7. The Morgan fingerprint density at radius 2 is 0.955 bits per heavy atom. The molecule has 0 radical (unpaired) electrons. The molecule has 0 unspecified atom stereocenters. The minimum Gasteiger partial charge on any atom is -0.366 e. The Hall–Kier alpha value is -2.62. The fraction of sp³-hybridized carbons (Fsp3) is 0.222. The van der Waals surface area contributed by atoms with Crippen molar-refractivity contribution in [3.05, 3.63) is 70.8 Å². The normalized spacial score (nSPS) is 9.55. The SMILES string of the molecule is CCc1ccc(C(N)=O)cc1.CCc1ccc(C(N)=O)cc1. The predicted molar refractivity (Wildman–Crippen MR) is 88.7 cm³/mol. The summed E-state index contributed by atoms with van der Waals surface area (Å²) >= 11 is 0. The van der Waals surface area contributed by atoms with Crippen LogP contribution in [0.4, 0.5) is 0 Å². The van der Waals surface area contributed by atoms with E-state index < -0.39 is 0 Å². The lowest BCUT2D eigenvalue weighted by Crippen LogP contribution is -2.10. The molecule has 2 aromatic carbocycles. The van der Waals surface area contributed by atoms with E-state index in [4.69, 9.17) is 11.5 Å². The van der Waals surface area contributed by atoms with Crippen LogP contribution in [0, 0.1) is 0 Å². The Morgan fingerprint density at radius 1 is 0.682 bits per heavy atom. The second-order valence-electron chi connectivity index (χ2n) is 4.83. The Kier molecular flexibility index (Phi) is 6.83. The molecule has 2 aromatic rings. The van der Waals surface area contributed by atoms with Crippen LogP contribution in [0.15, 0.2) is 48.5 Å². The first kappa shape index (κ1) is 17.4. The van der Waals surface area contributed by atoms with Gasteiger partial charge in [0.1, 0.15) is 0 Å². The highest BCUT2D eigenvalue weighted by molar-refractivity contribution is 5.93. The van der Waals surface area contributed by atoms with E-state index in [0.717, 1.165) is 12.8 Å². The van der Waals surface area contributed by atoms with Crippen molar-refractivity contribution < 1.29 is 9.59 Å². The van der Waals surface area contributed by atoms with E-state index in [1.165, 1.54) is 11.1 Å². The van der Waals surface area contributed by atoms with Gasteiger partial charge in [-0.3, -0.25) is 9.59 Å². The van der Waals surface area contributed by atoms with Crippen molar-refractivity contribution in [1.29, 1.82) is 0 Å². The Morgan fingerprint density at radius 3 is 1.14 bits per heavy atom. The monoisotopic (exact) mass is 298 g/mol. The van der Waals surface area contributed by atoms with Gasteiger partial charge in [0, 0.05) is 11.1 Å². The zero-order valence-electron chi connectivity index (χ0n) is 13.0. The summed E-state index contributed by atoms with van der Waals surface area (Å²) < 4.78 is 0. The molecule has 0 fully saturated rings. The number of carbonyl (C=O) groups is 2. The second-order valence-corrected chi connectivity index (χ2v) is 4.83. The fourth-order valence-electron chi connectivity index (χ4n) is 1.81. The van der Waals surface area contributed by atoms with Crippen molar-refractivity contribution in [2.45, 2.75) is 26.7 Å². The van der Waals surface area contributed by atoms with Crippen LogP contribution in [0.5, 0.6) is 0 Å². The van der Waals surface area contributed by atoms with Crippen molar-refractivity contribution in [2.75, 3.05) is 0 Å². The molecular weight excluding hydrogens is 276 g/mol. The molecule has 4 nitrogen and oxygen atoms in total. The highest BCUT2D eigenvalue weighted by Gasteiger charge is 1.98. The van der Waals surface area contributed by atoms with Crippen molar-refractivity contribution in [3.8, 4) is 0 Å². The third-order valence-electron chi connectivity index (χ3n) is 3.29. The molecule has 0 spiro atoms. The predicted octanol–water partition coefficient (Wildman–Crippen LogP) is 2.70. The number of carbonyl (C=O) groups excluding carboxylic acids is 2. The van der Waals surface area contributed by atoms with Crippen LogP contribution < -0.4 is 11.5 Å². The molecule has 22 heavy (non-hydrogen) atoms. The lowest BCUT2D eigenvalue weighted by molar-refractivity contribution is 0.0992. The molecule has 0 aliphatic rings. The summed E-state index contributed by atoms with van der Waals surface area (Å²) in [6.45, 7) is 4.14. The number of aryl methyl sites for hydroxylation is 2. The van der Waals surface area contributed by atoms with Crippen LogP contribution in [-0.4, -0.2) is 11.8 Å². The third kappa shape index (κ3) is 5.40. The number of primary amides is 2. The maximum Gasteiger partial charge on any atom is 0.248 e. The summed E-state index contributed by atoms with van der Waals surface area (Å²) in [6, 6.07) is 14.7. The topological polar surface area (TPSA) is 86.2 Å². The number of amides is 2. The average Bonchev–Trinajstić information content (AvgIpc) is 2.55. The molecule has 0 aliphatic carbocycles. The zero-order valence-corrected chi connectivity index (χ0v) is 13.0. The van der Waals surface area contributed by atoms with E-state index in [1.54, 1.807) is 24.3 Å². The third-order valence-corrected chi connectivity index (χ3v) is 3.29. The van der Waals surface area contributed by atoms with E-state index in [-0.39, 0.29) is 11.8 Å². The number of nitrogens with two attached hydrogens (primary N) is 2. The molecule has 0 saturated carbocycles. The molecule has 0 atom stereocenters. The van der Waals surface area contributed by atoms with Crippen LogP contribution in [0.25, 0.3) is 0 Å². The van der Waals surface area contributed by atoms with Gasteiger partial charge in [0.05, 0.1) is 0 Å². The number of rotatable bonds is 4. The maximum absolute atomic E-state index is 10.6. The van der Waals surface area contributed by atoms with Gasteiger partial charge in [0.15, 0.2) is 0 Å². The summed E-state index contributed by atoms with van der Waals surface area (Å²) in [6.07, 6.45) is 1.97. The molecule has 4 N–H and O–H groups in total.